The normalized spacial score (nSPS) is 12.5. The first-order valence-electron chi connectivity index (χ1n) is 1.56. The van der Waals surface area contributed by atoms with Gasteiger partial charge in [0.1, 0.15) is 0 Å². The summed E-state index contributed by atoms with van der Waals surface area (Å²) in [5.41, 5.74) is 0. The van der Waals surface area contributed by atoms with E-state index in [1.165, 1.54) is 6.92 Å². The van der Waals surface area contributed by atoms with Crippen molar-refractivity contribution in [1.29, 1.82) is 0 Å². The van der Waals surface area contributed by atoms with E-state index in [2.05, 4.69) is 0 Å². The fraction of sp³-hybridized carbons (Fsp3) is 1.00. The summed E-state index contributed by atoms with van der Waals surface area (Å²) in [5, 5.41) is 16.0. The minimum atomic E-state index is -0.560. The quantitative estimate of drug-likeness (QED) is 0.605. The second-order valence-corrected chi connectivity index (χ2v) is 1.03. The zero-order valence-corrected chi connectivity index (χ0v) is 7.10. The molecule has 6 heavy (non-hydrogen) atoms. The first-order chi connectivity index (χ1) is 2.27. The Bertz CT molecular complexity index is 22.8. The molecule has 1 atom stereocenters. The van der Waals surface area contributed by atoms with Crippen LogP contribution < -0.4 is 0 Å². The van der Waals surface area contributed by atoms with Crippen molar-refractivity contribution in [1.82, 2.24) is 0 Å². The zero-order chi connectivity index (χ0) is 4.28. The van der Waals surface area contributed by atoms with Gasteiger partial charge in [-0.15, -0.1) is 0 Å². The molecular formula is C3H8BiO2. The van der Waals surface area contributed by atoms with Crippen molar-refractivity contribution in [2.24, 2.45) is 0 Å². The van der Waals surface area contributed by atoms with Crippen LogP contribution in [-0.4, -0.2) is 49.1 Å². The van der Waals surface area contributed by atoms with E-state index in [4.69, 9.17) is 10.2 Å². The predicted octanol–water partition coefficient (Wildman–Crippen LogP) is -1.02. The summed E-state index contributed by atoms with van der Waals surface area (Å²) in [7, 11) is 0. The van der Waals surface area contributed by atoms with E-state index in [0.717, 1.165) is 0 Å². The molecule has 0 aromatic rings. The van der Waals surface area contributed by atoms with Gasteiger partial charge in [0.05, 0.1) is 12.7 Å². The van der Waals surface area contributed by atoms with Gasteiger partial charge in [-0.25, -0.2) is 0 Å². The van der Waals surface area contributed by atoms with E-state index in [1.54, 1.807) is 0 Å². The van der Waals surface area contributed by atoms with Crippen molar-refractivity contribution in [2.75, 3.05) is 6.61 Å². The van der Waals surface area contributed by atoms with Crippen molar-refractivity contribution in [3.63, 3.8) is 0 Å². The third-order valence-electron chi connectivity index (χ3n) is 0.264. The molecule has 0 bridgehead atoms. The molecule has 0 heterocycles. The minimum Gasteiger partial charge on any atom is -0.394 e. The van der Waals surface area contributed by atoms with Crippen LogP contribution in [0.1, 0.15) is 6.92 Å². The Kier molecular flexibility index (Phi) is 9.60. The molecule has 37 valence electrons. The van der Waals surface area contributed by atoms with E-state index in [-0.39, 0.29) is 32.8 Å². The average molecular weight is 285 g/mol. The molecule has 0 rings (SSSR count). The molecule has 0 aliphatic heterocycles. The van der Waals surface area contributed by atoms with Crippen LogP contribution in [-0.2, 0) is 0 Å². The van der Waals surface area contributed by atoms with Gasteiger partial charge >= 0.3 is 0 Å². The van der Waals surface area contributed by atoms with E-state index < -0.39 is 6.10 Å². The second-order valence-electron chi connectivity index (χ2n) is 1.03. The molecule has 0 spiro atoms. The summed E-state index contributed by atoms with van der Waals surface area (Å²) in [6, 6.07) is 0. The van der Waals surface area contributed by atoms with Crippen LogP contribution in [0, 0.1) is 0 Å². The maximum Gasteiger partial charge on any atom is 0.0742 e. The van der Waals surface area contributed by atoms with Crippen LogP contribution in [0.4, 0.5) is 0 Å². The van der Waals surface area contributed by atoms with Gasteiger partial charge in [-0.1, -0.05) is 0 Å². The van der Waals surface area contributed by atoms with Crippen molar-refractivity contribution in [2.45, 2.75) is 13.0 Å². The predicted molar refractivity (Wildman–Crippen MR) is 24.5 cm³/mol. The van der Waals surface area contributed by atoms with Crippen LogP contribution in [0.3, 0.4) is 0 Å². The zero-order valence-electron chi connectivity index (χ0n) is 3.63. The molecule has 2 N–H and O–H groups in total. The van der Waals surface area contributed by atoms with Gasteiger partial charge < -0.3 is 10.2 Å². The molecule has 0 aliphatic carbocycles. The smallest absolute Gasteiger partial charge is 0.0742 e. The molecule has 0 aromatic carbocycles. The number of aliphatic hydroxyl groups is 2. The Morgan fingerprint density at radius 3 is 1.83 bits per heavy atom. The van der Waals surface area contributed by atoms with Gasteiger partial charge in [-0.3, -0.25) is 0 Å². The SMILES string of the molecule is CC(O)CO.[Bi]. The summed E-state index contributed by atoms with van der Waals surface area (Å²) in [5.74, 6) is 0. The molecule has 2 nitrogen and oxygen atoms in total. The molecule has 0 fully saturated rings. The summed E-state index contributed by atoms with van der Waals surface area (Å²) in [4.78, 5) is 0. The second kappa shape index (κ2) is 5.80. The minimum absolute atomic E-state index is 0. The molecule has 0 amide bonds. The maximum atomic E-state index is 8.11. The third-order valence-corrected chi connectivity index (χ3v) is 0.264. The van der Waals surface area contributed by atoms with Crippen LogP contribution >= 0.6 is 0 Å². The Hall–Kier alpha value is 0.803. The van der Waals surface area contributed by atoms with Crippen LogP contribution in [0.15, 0.2) is 0 Å². The van der Waals surface area contributed by atoms with Gasteiger partial charge in [-0.05, 0) is 6.92 Å². The first kappa shape index (κ1) is 9.93. The summed E-state index contributed by atoms with van der Waals surface area (Å²) in [6.45, 7) is 1.39. The molecular weight excluding hydrogens is 277 g/mol. The maximum absolute atomic E-state index is 8.11. The Labute approximate surface area is 56.3 Å². The van der Waals surface area contributed by atoms with Crippen LogP contribution in [0.5, 0.6) is 0 Å². The third kappa shape index (κ3) is 8.84. The Morgan fingerprint density at radius 2 is 1.83 bits per heavy atom. The monoisotopic (exact) mass is 285 g/mol. The fourth-order valence-electron chi connectivity index (χ4n) is 0. The first-order valence-corrected chi connectivity index (χ1v) is 1.56. The molecule has 0 saturated heterocycles. The molecule has 3 heteroatoms. The molecule has 0 aliphatic rings. The largest absolute Gasteiger partial charge is 0.394 e. The van der Waals surface area contributed by atoms with Gasteiger partial charge in [0, 0.05) is 26.2 Å². The molecule has 0 saturated carbocycles. The van der Waals surface area contributed by atoms with Gasteiger partial charge in [0.15, 0.2) is 0 Å². The topological polar surface area (TPSA) is 40.5 Å². The molecule has 0 aromatic heterocycles. The number of aliphatic hydroxyl groups excluding tert-OH is 2. The van der Waals surface area contributed by atoms with Crippen molar-refractivity contribution in [3.8, 4) is 0 Å². The van der Waals surface area contributed by atoms with Crippen molar-refractivity contribution >= 4 is 26.2 Å². The van der Waals surface area contributed by atoms with Crippen molar-refractivity contribution in [3.05, 3.63) is 0 Å². The van der Waals surface area contributed by atoms with E-state index >= 15 is 0 Å². The van der Waals surface area contributed by atoms with Gasteiger partial charge in [0.2, 0.25) is 0 Å². The Morgan fingerprint density at radius 1 is 1.67 bits per heavy atom. The molecule has 3 radical (unpaired) electrons. The Balaban J connectivity index is 0. The number of hydrogen-bond donors (Lipinski definition) is 2. The van der Waals surface area contributed by atoms with Gasteiger partial charge in [0.25, 0.3) is 0 Å². The number of rotatable bonds is 1. The van der Waals surface area contributed by atoms with E-state index in [1.807, 2.05) is 0 Å². The fourth-order valence-corrected chi connectivity index (χ4v) is 0. The number of hydrogen-bond acceptors (Lipinski definition) is 2. The van der Waals surface area contributed by atoms with Crippen LogP contribution in [0.2, 0.25) is 0 Å². The van der Waals surface area contributed by atoms with Gasteiger partial charge in [-0.2, -0.15) is 0 Å². The average Bonchev–Trinajstić information content (AvgIpc) is 1.38. The van der Waals surface area contributed by atoms with E-state index in [9.17, 15) is 0 Å². The molecule has 1 unspecified atom stereocenters. The summed E-state index contributed by atoms with van der Waals surface area (Å²) < 4.78 is 0. The van der Waals surface area contributed by atoms with Crippen molar-refractivity contribution < 1.29 is 10.2 Å². The summed E-state index contributed by atoms with van der Waals surface area (Å²) in [6.07, 6.45) is -0.560. The van der Waals surface area contributed by atoms with E-state index in [0.29, 0.717) is 0 Å². The summed E-state index contributed by atoms with van der Waals surface area (Å²) >= 11 is 0. The standard InChI is InChI=1S/C3H8O2.Bi/c1-3(5)2-4;/h3-5H,2H2,1H3;. The van der Waals surface area contributed by atoms with Crippen LogP contribution in [0.25, 0.3) is 0 Å².